The first-order chi connectivity index (χ1) is 8.19. The predicted octanol–water partition coefficient (Wildman–Crippen LogP) is 1.22. The molecule has 0 saturated heterocycles. The minimum atomic E-state index is 0.0272. The van der Waals surface area contributed by atoms with Crippen molar-refractivity contribution in [2.24, 2.45) is 16.6 Å². The first-order valence-corrected chi connectivity index (χ1v) is 5.74. The molecule has 0 aromatic carbocycles. The molecule has 1 unspecified atom stereocenters. The first kappa shape index (κ1) is 11.6. The van der Waals surface area contributed by atoms with Crippen molar-refractivity contribution in [3.8, 4) is 0 Å². The molecule has 1 aliphatic heterocycles. The number of hydrogen-bond acceptors (Lipinski definition) is 3. The first-order valence-electron chi connectivity index (χ1n) is 5.74. The lowest BCUT2D eigenvalue weighted by molar-refractivity contribution is -0.123. The van der Waals surface area contributed by atoms with Crippen LogP contribution in [0.15, 0.2) is 40.2 Å². The van der Waals surface area contributed by atoms with Gasteiger partial charge >= 0.3 is 0 Å². The average Bonchev–Trinajstić information content (AvgIpc) is 2.66. The summed E-state index contributed by atoms with van der Waals surface area (Å²) in [5, 5.41) is 0. The van der Waals surface area contributed by atoms with E-state index >= 15 is 0 Å². The largest absolute Gasteiger partial charge is 0.403 e. The van der Waals surface area contributed by atoms with Gasteiger partial charge in [0.25, 0.3) is 5.91 Å². The van der Waals surface area contributed by atoms with Crippen LogP contribution in [0.1, 0.15) is 13.3 Å². The maximum atomic E-state index is 12.2. The molecular weight excluding hydrogens is 214 g/mol. The minimum absolute atomic E-state index is 0.0272. The molecule has 0 saturated carbocycles. The van der Waals surface area contributed by atoms with Gasteiger partial charge in [-0.05, 0) is 17.9 Å². The molecule has 0 fully saturated rings. The van der Waals surface area contributed by atoms with Crippen LogP contribution in [0, 0.1) is 5.92 Å². The second-order valence-electron chi connectivity index (χ2n) is 4.35. The van der Waals surface area contributed by atoms with E-state index in [1.165, 1.54) is 11.8 Å². The van der Waals surface area contributed by atoms with Crippen LogP contribution in [0.25, 0.3) is 0 Å². The third kappa shape index (κ3) is 1.90. The fraction of sp³-hybridized carbons (Fsp3) is 0.385. The highest BCUT2D eigenvalue weighted by atomic mass is 16.2. The quantitative estimate of drug-likeness (QED) is 0.726. The topological polar surface area (TPSA) is 58.7 Å². The molecule has 4 heteroatoms. The fourth-order valence-electron chi connectivity index (χ4n) is 2.29. The number of rotatable bonds is 2. The molecule has 0 bridgehead atoms. The minimum Gasteiger partial charge on any atom is -0.403 e. The van der Waals surface area contributed by atoms with Crippen LogP contribution in [0.2, 0.25) is 0 Å². The van der Waals surface area contributed by atoms with Crippen molar-refractivity contribution in [3.05, 3.63) is 35.2 Å². The molecule has 2 rings (SSSR count). The third-order valence-electron chi connectivity index (χ3n) is 3.26. The Bertz CT molecular complexity index is 457. The van der Waals surface area contributed by atoms with Gasteiger partial charge in [-0.1, -0.05) is 19.1 Å². The van der Waals surface area contributed by atoms with Crippen LogP contribution in [0.3, 0.4) is 0 Å². The van der Waals surface area contributed by atoms with Crippen LogP contribution in [-0.4, -0.2) is 30.6 Å². The van der Waals surface area contributed by atoms with Gasteiger partial charge < -0.3 is 10.6 Å². The molecule has 2 aliphatic rings. The van der Waals surface area contributed by atoms with Gasteiger partial charge in [-0.2, -0.15) is 0 Å². The van der Waals surface area contributed by atoms with Crippen LogP contribution < -0.4 is 5.73 Å². The van der Waals surface area contributed by atoms with E-state index in [2.05, 4.69) is 18.0 Å². The van der Waals surface area contributed by atoms with Crippen molar-refractivity contribution < 1.29 is 4.79 Å². The van der Waals surface area contributed by atoms with Gasteiger partial charge in [-0.3, -0.25) is 9.79 Å². The summed E-state index contributed by atoms with van der Waals surface area (Å²) in [7, 11) is 1.67. The molecule has 0 aromatic heterocycles. The maximum Gasteiger partial charge on any atom is 0.258 e. The third-order valence-corrected chi connectivity index (χ3v) is 3.26. The predicted molar refractivity (Wildman–Crippen MR) is 68.3 cm³/mol. The van der Waals surface area contributed by atoms with Crippen molar-refractivity contribution in [3.63, 3.8) is 0 Å². The molecule has 1 atom stereocenters. The van der Waals surface area contributed by atoms with Crippen molar-refractivity contribution in [1.29, 1.82) is 0 Å². The van der Waals surface area contributed by atoms with Crippen molar-refractivity contribution >= 4 is 12.1 Å². The number of aliphatic imine (C=N–C) groups is 1. The Morgan fingerprint density at radius 2 is 2.41 bits per heavy atom. The number of allylic oxidation sites excluding steroid dienone is 2. The van der Waals surface area contributed by atoms with Gasteiger partial charge in [-0.15, -0.1) is 0 Å². The molecule has 1 aliphatic carbocycles. The van der Waals surface area contributed by atoms with Gasteiger partial charge in [0.05, 0.1) is 5.70 Å². The van der Waals surface area contributed by atoms with Gasteiger partial charge in [0.1, 0.15) is 0 Å². The monoisotopic (exact) mass is 231 g/mol. The van der Waals surface area contributed by atoms with E-state index in [4.69, 9.17) is 5.73 Å². The zero-order valence-corrected chi connectivity index (χ0v) is 10.2. The summed E-state index contributed by atoms with van der Waals surface area (Å²) in [6.45, 7) is 2.78. The summed E-state index contributed by atoms with van der Waals surface area (Å²) in [6.07, 6.45) is 8.03. The van der Waals surface area contributed by atoms with Gasteiger partial charge in [0.15, 0.2) is 0 Å². The number of amides is 1. The van der Waals surface area contributed by atoms with Crippen LogP contribution >= 0.6 is 0 Å². The molecule has 0 spiro atoms. The zero-order chi connectivity index (χ0) is 12.4. The van der Waals surface area contributed by atoms with Gasteiger partial charge in [-0.25, -0.2) is 0 Å². The van der Waals surface area contributed by atoms with Gasteiger partial charge in [0, 0.05) is 31.6 Å². The van der Waals surface area contributed by atoms with E-state index in [0.717, 1.165) is 12.0 Å². The van der Waals surface area contributed by atoms with E-state index < -0.39 is 0 Å². The molecule has 4 nitrogen and oxygen atoms in total. The normalized spacial score (nSPS) is 25.1. The second kappa shape index (κ2) is 4.57. The lowest BCUT2D eigenvalue weighted by atomic mass is 9.90. The summed E-state index contributed by atoms with van der Waals surface area (Å²) < 4.78 is 0. The van der Waals surface area contributed by atoms with Gasteiger partial charge in [0.2, 0.25) is 0 Å². The molecule has 0 radical (unpaired) electrons. The number of hydrogen-bond donors (Lipinski definition) is 1. The molecule has 17 heavy (non-hydrogen) atoms. The number of carbonyl (C=O) groups is 1. The Morgan fingerprint density at radius 3 is 3.00 bits per heavy atom. The summed E-state index contributed by atoms with van der Waals surface area (Å²) in [5.74, 6) is 0.459. The summed E-state index contributed by atoms with van der Waals surface area (Å²) in [5.41, 5.74) is 8.24. The van der Waals surface area contributed by atoms with Crippen LogP contribution in [0.5, 0.6) is 0 Å². The zero-order valence-electron chi connectivity index (χ0n) is 10.2. The van der Waals surface area contributed by atoms with Crippen LogP contribution in [-0.2, 0) is 4.79 Å². The van der Waals surface area contributed by atoms with E-state index in [-0.39, 0.29) is 5.91 Å². The summed E-state index contributed by atoms with van der Waals surface area (Å²) in [6, 6.07) is 0. The maximum absolute atomic E-state index is 12.2. The Morgan fingerprint density at radius 1 is 1.65 bits per heavy atom. The van der Waals surface area contributed by atoms with E-state index in [1.807, 2.05) is 6.08 Å². The smallest absolute Gasteiger partial charge is 0.258 e. The average molecular weight is 231 g/mol. The van der Waals surface area contributed by atoms with Crippen molar-refractivity contribution in [2.75, 3.05) is 13.6 Å². The Kier molecular flexibility index (Phi) is 3.13. The lowest BCUT2D eigenvalue weighted by Crippen LogP contribution is -2.28. The van der Waals surface area contributed by atoms with E-state index in [9.17, 15) is 4.79 Å². The Labute approximate surface area is 101 Å². The van der Waals surface area contributed by atoms with E-state index in [1.54, 1.807) is 18.2 Å². The highest BCUT2D eigenvalue weighted by molar-refractivity contribution is 6.03. The number of nitrogens with two attached hydrogens (primary N) is 1. The molecule has 1 amide bonds. The standard InChI is InChI=1S/C13H17N3O/c1-9-4-3-5-11-12(9)8-16(13(11)17)10(6-14)7-15-2/h3,5-7,9H,4,8,14H2,1-2H3. The second-order valence-corrected chi connectivity index (χ2v) is 4.35. The molecule has 2 N–H and O–H groups in total. The molecule has 0 aromatic rings. The molecule has 90 valence electrons. The SMILES string of the molecule is CN=CC(=CN)N1CC2=C(C=CCC2C)C1=O. The van der Waals surface area contributed by atoms with Crippen molar-refractivity contribution in [2.45, 2.75) is 13.3 Å². The Balaban J connectivity index is 2.29. The van der Waals surface area contributed by atoms with Crippen molar-refractivity contribution in [1.82, 2.24) is 4.90 Å². The number of carbonyl (C=O) groups excluding carboxylic acids is 1. The Hall–Kier alpha value is -1.84. The number of nitrogens with zero attached hydrogens (tertiary/aromatic N) is 2. The van der Waals surface area contributed by atoms with E-state index in [0.29, 0.717) is 18.2 Å². The van der Waals surface area contributed by atoms with Crippen LogP contribution in [0.4, 0.5) is 0 Å². The highest BCUT2D eigenvalue weighted by Crippen LogP contribution is 2.33. The fourth-order valence-corrected chi connectivity index (χ4v) is 2.29. The summed E-state index contributed by atoms with van der Waals surface area (Å²) >= 11 is 0. The molecule has 1 heterocycles. The summed E-state index contributed by atoms with van der Waals surface area (Å²) in [4.78, 5) is 17.8. The molecular formula is C13H17N3O. The highest BCUT2D eigenvalue weighted by Gasteiger charge is 2.33. The lowest BCUT2D eigenvalue weighted by Gasteiger charge is -2.18.